The van der Waals surface area contributed by atoms with Gasteiger partial charge in [0.1, 0.15) is 11.6 Å². The van der Waals surface area contributed by atoms with Crippen molar-refractivity contribution in [2.45, 2.75) is 18.1 Å². The van der Waals surface area contributed by atoms with Gasteiger partial charge in [0.15, 0.2) is 5.16 Å². The summed E-state index contributed by atoms with van der Waals surface area (Å²) < 4.78 is 13.2. The van der Waals surface area contributed by atoms with Gasteiger partial charge in [-0.3, -0.25) is 4.79 Å². The highest BCUT2D eigenvalue weighted by atomic mass is 32.2. The van der Waals surface area contributed by atoms with Crippen LogP contribution in [0.15, 0.2) is 53.0 Å². The molecule has 0 bridgehead atoms. The summed E-state index contributed by atoms with van der Waals surface area (Å²) >= 11 is 2.76. The van der Waals surface area contributed by atoms with Crippen LogP contribution < -0.4 is 11.1 Å². The van der Waals surface area contributed by atoms with E-state index in [2.05, 4.69) is 15.3 Å². The van der Waals surface area contributed by atoms with E-state index in [-0.39, 0.29) is 23.5 Å². The van der Waals surface area contributed by atoms with Crippen molar-refractivity contribution in [3.8, 4) is 0 Å². The van der Waals surface area contributed by atoms with Crippen LogP contribution in [0, 0.1) is 12.7 Å². The summed E-state index contributed by atoms with van der Waals surface area (Å²) in [5.74, 6) is 0.0609. The van der Waals surface area contributed by atoms with Crippen LogP contribution in [-0.2, 0) is 4.79 Å². The van der Waals surface area contributed by atoms with Crippen LogP contribution in [0.3, 0.4) is 0 Å². The molecule has 0 aliphatic heterocycles. The molecule has 0 unspecified atom stereocenters. The van der Waals surface area contributed by atoms with E-state index >= 15 is 0 Å². The minimum atomic E-state index is -0.327. The first-order chi connectivity index (χ1) is 12.5. The van der Waals surface area contributed by atoms with Gasteiger partial charge in [-0.1, -0.05) is 30.0 Å². The molecule has 1 amide bonds. The van der Waals surface area contributed by atoms with Gasteiger partial charge in [0.2, 0.25) is 5.91 Å². The average molecular weight is 388 g/mol. The maximum Gasteiger partial charge on any atom is 0.231 e. The smallest absolute Gasteiger partial charge is 0.231 e. The molecule has 0 saturated carbocycles. The second-order valence-corrected chi connectivity index (χ2v) is 7.49. The topological polar surface area (TPSA) is 80.9 Å². The lowest BCUT2D eigenvalue weighted by molar-refractivity contribution is -0.119. The Bertz CT molecular complexity index is 864. The lowest BCUT2D eigenvalue weighted by Gasteiger charge is -2.18. The van der Waals surface area contributed by atoms with Crippen molar-refractivity contribution in [3.05, 3.63) is 69.8 Å². The Hall–Kier alpha value is -2.45. The number of carbonyl (C=O) groups excluding carboxylic acids is 1. The van der Waals surface area contributed by atoms with Crippen molar-refractivity contribution in [1.29, 1.82) is 0 Å². The zero-order valence-electron chi connectivity index (χ0n) is 14.0. The summed E-state index contributed by atoms with van der Waals surface area (Å²) in [5, 5.41) is 5.40. The molecule has 0 aliphatic rings. The van der Waals surface area contributed by atoms with E-state index in [4.69, 9.17) is 5.73 Å². The van der Waals surface area contributed by atoms with Crippen molar-refractivity contribution in [1.82, 2.24) is 15.3 Å². The van der Waals surface area contributed by atoms with Gasteiger partial charge in [0.05, 0.1) is 11.8 Å². The lowest BCUT2D eigenvalue weighted by Crippen LogP contribution is -2.30. The van der Waals surface area contributed by atoms with E-state index in [0.717, 1.165) is 16.1 Å². The normalized spacial score (nSPS) is 11.9. The van der Waals surface area contributed by atoms with E-state index in [1.165, 1.54) is 35.2 Å². The number of hydrogen-bond donors (Lipinski definition) is 2. The molecule has 0 saturated heterocycles. The second kappa shape index (κ2) is 8.29. The highest BCUT2D eigenvalue weighted by Gasteiger charge is 2.18. The van der Waals surface area contributed by atoms with Crippen LogP contribution in [0.25, 0.3) is 0 Å². The lowest BCUT2D eigenvalue weighted by atomic mass is 10.1. The number of halogens is 1. The van der Waals surface area contributed by atoms with Crippen LogP contribution in [0.5, 0.6) is 0 Å². The van der Waals surface area contributed by atoms with Crippen molar-refractivity contribution >= 4 is 34.8 Å². The molecule has 5 nitrogen and oxygen atoms in total. The first kappa shape index (κ1) is 18.3. The molecule has 2 aromatic heterocycles. The monoisotopic (exact) mass is 388 g/mol. The molecule has 3 rings (SSSR count). The fraction of sp³-hybridized carbons (Fsp3) is 0.167. The van der Waals surface area contributed by atoms with E-state index in [0.29, 0.717) is 11.0 Å². The second-order valence-electron chi connectivity index (χ2n) is 5.57. The average Bonchev–Trinajstić information content (AvgIpc) is 3.12. The predicted octanol–water partition coefficient (Wildman–Crippen LogP) is 3.57. The van der Waals surface area contributed by atoms with Gasteiger partial charge in [0, 0.05) is 16.6 Å². The molecule has 2 heterocycles. The first-order valence-electron chi connectivity index (χ1n) is 7.83. The number of nitrogens with two attached hydrogens (primary N) is 1. The van der Waals surface area contributed by atoms with Gasteiger partial charge in [-0.25, -0.2) is 14.4 Å². The van der Waals surface area contributed by atoms with Crippen LogP contribution in [0.2, 0.25) is 0 Å². The number of benzene rings is 1. The van der Waals surface area contributed by atoms with Crippen molar-refractivity contribution in [2.75, 3.05) is 11.5 Å². The third kappa shape index (κ3) is 4.80. The molecule has 3 aromatic rings. The SMILES string of the molecule is Cc1cc(N)nc(SCC(=O)N[C@H](c2ccc(F)cc2)c2cccs2)n1. The number of thiophene rings is 1. The molecule has 0 fully saturated rings. The Morgan fingerprint density at radius 3 is 2.73 bits per heavy atom. The van der Waals surface area contributed by atoms with Crippen LogP contribution in [0.1, 0.15) is 22.2 Å². The number of amides is 1. The summed E-state index contributed by atoms with van der Waals surface area (Å²) in [6, 6.07) is 11.3. The Morgan fingerprint density at radius 1 is 1.31 bits per heavy atom. The zero-order chi connectivity index (χ0) is 18.5. The molecule has 1 atom stereocenters. The van der Waals surface area contributed by atoms with Gasteiger partial charge in [-0.15, -0.1) is 11.3 Å². The predicted molar refractivity (Wildman–Crippen MR) is 103 cm³/mol. The maximum atomic E-state index is 13.2. The standard InChI is InChI=1S/C18H17FN4OS2/c1-11-9-15(20)22-18(21-11)26-10-16(24)23-17(14-3-2-8-25-14)12-4-6-13(19)7-5-12/h2-9,17H,10H2,1H3,(H,23,24)(H2,20,21,22)/t17-/m1/s1. The summed E-state index contributed by atoms with van der Waals surface area (Å²) in [6.45, 7) is 1.82. The fourth-order valence-electron chi connectivity index (χ4n) is 2.39. The molecule has 8 heteroatoms. The molecular formula is C18H17FN4OS2. The van der Waals surface area contributed by atoms with Gasteiger partial charge < -0.3 is 11.1 Å². The number of hydrogen-bond acceptors (Lipinski definition) is 6. The molecular weight excluding hydrogens is 371 g/mol. The number of nitrogens with one attached hydrogen (secondary N) is 1. The fourth-order valence-corrected chi connectivity index (χ4v) is 3.92. The molecule has 0 radical (unpaired) electrons. The van der Waals surface area contributed by atoms with Crippen molar-refractivity contribution < 1.29 is 9.18 Å². The Labute approximate surface area is 158 Å². The van der Waals surface area contributed by atoms with Gasteiger partial charge in [-0.2, -0.15) is 0 Å². The highest BCUT2D eigenvalue weighted by molar-refractivity contribution is 7.99. The Balaban J connectivity index is 1.70. The largest absolute Gasteiger partial charge is 0.384 e. The van der Waals surface area contributed by atoms with Crippen molar-refractivity contribution in [3.63, 3.8) is 0 Å². The summed E-state index contributed by atoms with van der Waals surface area (Å²) in [7, 11) is 0. The molecule has 134 valence electrons. The number of thioether (sulfide) groups is 1. The number of nitrogens with zero attached hydrogens (tertiary/aromatic N) is 2. The maximum absolute atomic E-state index is 13.2. The van der Waals surface area contributed by atoms with E-state index in [1.54, 1.807) is 18.2 Å². The Kier molecular flexibility index (Phi) is 5.85. The van der Waals surface area contributed by atoms with Crippen LogP contribution in [-0.4, -0.2) is 21.6 Å². The number of aryl methyl sites for hydroxylation is 1. The molecule has 0 spiro atoms. The quantitative estimate of drug-likeness (QED) is 0.498. The summed E-state index contributed by atoms with van der Waals surface area (Å²) in [6.07, 6.45) is 0. The number of rotatable bonds is 6. The van der Waals surface area contributed by atoms with E-state index < -0.39 is 0 Å². The molecule has 1 aromatic carbocycles. The van der Waals surface area contributed by atoms with E-state index in [9.17, 15) is 9.18 Å². The number of carbonyl (C=O) groups is 1. The highest BCUT2D eigenvalue weighted by Crippen LogP contribution is 2.26. The number of anilines is 1. The minimum absolute atomic E-state index is 0.159. The van der Waals surface area contributed by atoms with Crippen molar-refractivity contribution in [2.24, 2.45) is 0 Å². The number of aromatic nitrogens is 2. The molecule has 0 aliphatic carbocycles. The summed E-state index contributed by atoms with van der Waals surface area (Å²) in [4.78, 5) is 21.8. The molecule has 3 N–H and O–H groups in total. The van der Waals surface area contributed by atoms with Crippen LogP contribution >= 0.6 is 23.1 Å². The van der Waals surface area contributed by atoms with Gasteiger partial charge in [-0.05, 0) is 36.1 Å². The first-order valence-corrected chi connectivity index (χ1v) is 9.70. The van der Waals surface area contributed by atoms with Gasteiger partial charge >= 0.3 is 0 Å². The number of nitrogen functional groups attached to an aromatic ring is 1. The molecule has 26 heavy (non-hydrogen) atoms. The summed E-state index contributed by atoms with van der Waals surface area (Å²) in [5.41, 5.74) is 7.28. The van der Waals surface area contributed by atoms with Gasteiger partial charge in [0.25, 0.3) is 0 Å². The zero-order valence-corrected chi connectivity index (χ0v) is 15.6. The Morgan fingerprint density at radius 2 is 2.08 bits per heavy atom. The third-order valence-corrected chi connectivity index (χ3v) is 5.31. The van der Waals surface area contributed by atoms with E-state index in [1.807, 2.05) is 24.4 Å². The third-order valence-electron chi connectivity index (χ3n) is 3.52. The van der Waals surface area contributed by atoms with Crippen LogP contribution in [0.4, 0.5) is 10.2 Å². The minimum Gasteiger partial charge on any atom is -0.384 e.